The zero-order valence-electron chi connectivity index (χ0n) is 15.9. The van der Waals surface area contributed by atoms with Gasteiger partial charge in [-0.2, -0.15) is 0 Å². The molecule has 0 spiro atoms. The summed E-state index contributed by atoms with van der Waals surface area (Å²) in [7, 11) is 1.66. The van der Waals surface area contributed by atoms with Crippen LogP contribution < -0.4 is 10.6 Å². The molecule has 0 bridgehead atoms. The van der Waals surface area contributed by atoms with Crippen molar-refractivity contribution in [3.8, 4) is 0 Å². The molecule has 1 aromatic rings. The predicted octanol–water partition coefficient (Wildman–Crippen LogP) is 2.71. The van der Waals surface area contributed by atoms with E-state index >= 15 is 0 Å². The molecular formula is C19H32FN3O2. The number of guanidine groups is 1. The summed E-state index contributed by atoms with van der Waals surface area (Å²) < 4.78 is 24.4. The molecule has 25 heavy (non-hydrogen) atoms. The van der Waals surface area contributed by atoms with Crippen LogP contribution in [0.4, 0.5) is 4.39 Å². The molecule has 142 valence electrons. The second kappa shape index (κ2) is 11.8. The van der Waals surface area contributed by atoms with Crippen molar-refractivity contribution < 1.29 is 13.9 Å². The summed E-state index contributed by atoms with van der Waals surface area (Å²) in [5.41, 5.74) is 0.304. The van der Waals surface area contributed by atoms with Gasteiger partial charge in [0, 0.05) is 32.2 Å². The molecule has 6 heteroatoms. The largest absolute Gasteiger partial charge is 0.382 e. The minimum atomic E-state index is -0.378. The van der Waals surface area contributed by atoms with Crippen molar-refractivity contribution >= 4 is 5.96 Å². The lowest BCUT2D eigenvalue weighted by molar-refractivity contribution is 0.0698. The van der Waals surface area contributed by atoms with Crippen LogP contribution in [-0.4, -0.2) is 52.5 Å². The topological polar surface area (TPSA) is 54.9 Å². The van der Waals surface area contributed by atoms with Gasteiger partial charge in [0.2, 0.25) is 0 Å². The summed E-state index contributed by atoms with van der Waals surface area (Å²) in [6, 6.07) is 6.88. The summed E-state index contributed by atoms with van der Waals surface area (Å²) in [5.74, 6) is 0.553. The first-order valence-corrected chi connectivity index (χ1v) is 8.85. The number of rotatable bonds is 11. The number of methoxy groups -OCH3 is 1. The Balaban J connectivity index is 2.50. The summed E-state index contributed by atoms with van der Waals surface area (Å²) >= 11 is 0. The van der Waals surface area contributed by atoms with E-state index in [9.17, 15) is 4.39 Å². The van der Waals surface area contributed by atoms with Gasteiger partial charge in [-0.3, -0.25) is 4.99 Å². The highest BCUT2D eigenvalue weighted by Crippen LogP contribution is 2.25. The predicted molar refractivity (Wildman–Crippen MR) is 101 cm³/mol. The molecule has 1 rings (SSSR count). The number of aliphatic imine (C=N–C) groups is 1. The number of nitrogens with zero attached hydrogens (tertiary/aromatic N) is 1. The first kappa shape index (κ1) is 21.4. The highest BCUT2D eigenvalue weighted by atomic mass is 19.1. The molecule has 0 saturated carbocycles. The number of hydrogen-bond donors (Lipinski definition) is 2. The highest BCUT2D eigenvalue weighted by molar-refractivity contribution is 5.79. The summed E-state index contributed by atoms with van der Waals surface area (Å²) in [6.45, 7) is 9.96. The Hall–Kier alpha value is -1.66. The molecule has 5 nitrogen and oxygen atoms in total. The van der Waals surface area contributed by atoms with E-state index in [4.69, 9.17) is 9.47 Å². The minimum Gasteiger partial charge on any atom is -0.382 e. The van der Waals surface area contributed by atoms with Gasteiger partial charge in [0.25, 0.3) is 0 Å². The smallest absolute Gasteiger partial charge is 0.191 e. The summed E-state index contributed by atoms with van der Waals surface area (Å²) in [4.78, 5) is 4.62. The van der Waals surface area contributed by atoms with Gasteiger partial charge in [0.1, 0.15) is 5.82 Å². The van der Waals surface area contributed by atoms with Crippen LogP contribution in [0.2, 0.25) is 0 Å². The van der Waals surface area contributed by atoms with Crippen molar-refractivity contribution in [2.75, 3.05) is 46.6 Å². The average Bonchev–Trinajstić information content (AvgIpc) is 2.59. The van der Waals surface area contributed by atoms with Crippen LogP contribution in [0.3, 0.4) is 0 Å². The third-order valence-corrected chi connectivity index (χ3v) is 3.77. The number of hydrogen-bond acceptors (Lipinski definition) is 3. The molecule has 0 atom stereocenters. The second-order valence-corrected chi connectivity index (χ2v) is 6.44. The number of nitrogens with one attached hydrogen (secondary N) is 2. The normalized spacial score (nSPS) is 12.3. The van der Waals surface area contributed by atoms with Crippen LogP contribution >= 0.6 is 0 Å². The zero-order chi connectivity index (χ0) is 18.5. The van der Waals surface area contributed by atoms with Crippen LogP contribution in [0.1, 0.15) is 32.8 Å². The Kier molecular flexibility index (Phi) is 10.1. The first-order chi connectivity index (χ1) is 12.0. The molecule has 0 fully saturated rings. The van der Waals surface area contributed by atoms with Gasteiger partial charge in [-0.05, 0) is 25.0 Å². The van der Waals surface area contributed by atoms with Crippen molar-refractivity contribution in [3.05, 3.63) is 35.6 Å². The van der Waals surface area contributed by atoms with E-state index in [1.807, 2.05) is 32.9 Å². The van der Waals surface area contributed by atoms with Crippen molar-refractivity contribution in [2.45, 2.75) is 32.6 Å². The Bertz CT molecular complexity index is 521. The monoisotopic (exact) mass is 353 g/mol. The van der Waals surface area contributed by atoms with Crippen LogP contribution in [0.15, 0.2) is 29.3 Å². The van der Waals surface area contributed by atoms with Gasteiger partial charge >= 0.3 is 0 Å². The first-order valence-electron chi connectivity index (χ1n) is 8.85. The van der Waals surface area contributed by atoms with Gasteiger partial charge in [-0.1, -0.05) is 32.0 Å². The molecule has 2 N–H and O–H groups in total. The summed E-state index contributed by atoms with van der Waals surface area (Å²) in [6.07, 6.45) is 0.880. The van der Waals surface area contributed by atoms with Crippen molar-refractivity contribution in [1.82, 2.24) is 10.6 Å². The maximum atomic E-state index is 14.0. The molecule has 0 aliphatic heterocycles. The second-order valence-electron chi connectivity index (χ2n) is 6.44. The SMILES string of the molecule is CCNC(=NCC(C)(C)c1ccccc1F)NCCCOCCOC. The Morgan fingerprint density at radius 3 is 2.60 bits per heavy atom. The van der Waals surface area contributed by atoms with Crippen LogP contribution in [0, 0.1) is 5.82 Å². The molecule has 0 unspecified atom stereocenters. The van der Waals surface area contributed by atoms with Gasteiger partial charge in [-0.25, -0.2) is 4.39 Å². The molecule has 0 saturated heterocycles. The standard InChI is InChI=1S/C19H32FN3O2/c1-5-21-18(22-11-8-12-25-14-13-24-4)23-15-19(2,3)16-9-6-7-10-17(16)20/h6-7,9-10H,5,8,11-15H2,1-4H3,(H2,21,22,23). The van der Waals surface area contributed by atoms with Gasteiger partial charge in [-0.15, -0.1) is 0 Å². The fourth-order valence-electron chi connectivity index (χ4n) is 2.34. The number of halogens is 1. The van der Waals surface area contributed by atoms with Crippen molar-refractivity contribution in [1.29, 1.82) is 0 Å². The number of benzene rings is 1. The third kappa shape index (κ3) is 8.31. The average molecular weight is 353 g/mol. The van der Waals surface area contributed by atoms with E-state index in [2.05, 4.69) is 15.6 Å². The molecule has 1 aromatic carbocycles. The van der Waals surface area contributed by atoms with E-state index in [1.165, 1.54) is 6.07 Å². The van der Waals surface area contributed by atoms with E-state index in [-0.39, 0.29) is 11.2 Å². The van der Waals surface area contributed by atoms with E-state index < -0.39 is 0 Å². The lowest BCUT2D eigenvalue weighted by Gasteiger charge is -2.24. The van der Waals surface area contributed by atoms with Crippen LogP contribution in [0.5, 0.6) is 0 Å². The molecule has 0 aliphatic carbocycles. The van der Waals surface area contributed by atoms with Crippen LogP contribution in [0.25, 0.3) is 0 Å². The minimum absolute atomic E-state index is 0.186. The molecule has 0 heterocycles. The molecule has 0 aliphatic rings. The highest BCUT2D eigenvalue weighted by Gasteiger charge is 2.23. The quantitative estimate of drug-likeness (QED) is 0.365. The van der Waals surface area contributed by atoms with Crippen molar-refractivity contribution in [2.24, 2.45) is 4.99 Å². The molecule has 0 radical (unpaired) electrons. The fraction of sp³-hybridized carbons (Fsp3) is 0.632. The lowest BCUT2D eigenvalue weighted by Crippen LogP contribution is -2.39. The lowest BCUT2D eigenvalue weighted by atomic mass is 9.84. The Morgan fingerprint density at radius 1 is 1.16 bits per heavy atom. The van der Waals surface area contributed by atoms with E-state index in [1.54, 1.807) is 13.2 Å². The van der Waals surface area contributed by atoms with Gasteiger partial charge in [0.15, 0.2) is 5.96 Å². The summed E-state index contributed by atoms with van der Waals surface area (Å²) in [5, 5.41) is 6.50. The van der Waals surface area contributed by atoms with Crippen LogP contribution in [-0.2, 0) is 14.9 Å². The maximum Gasteiger partial charge on any atom is 0.191 e. The Labute approximate surface area is 151 Å². The maximum absolute atomic E-state index is 14.0. The molecular weight excluding hydrogens is 321 g/mol. The number of ether oxygens (including phenoxy) is 2. The fourth-order valence-corrected chi connectivity index (χ4v) is 2.34. The Morgan fingerprint density at radius 2 is 1.92 bits per heavy atom. The van der Waals surface area contributed by atoms with Gasteiger partial charge in [0.05, 0.1) is 19.8 Å². The van der Waals surface area contributed by atoms with E-state index in [0.717, 1.165) is 25.5 Å². The van der Waals surface area contributed by atoms with Gasteiger partial charge < -0.3 is 20.1 Å². The third-order valence-electron chi connectivity index (χ3n) is 3.77. The van der Waals surface area contributed by atoms with E-state index in [0.29, 0.717) is 31.9 Å². The zero-order valence-corrected chi connectivity index (χ0v) is 15.9. The van der Waals surface area contributed by atoms with Crippen molar-refractivity contribution in [3.63, 3.8) is 0 Å². The molecule has 0 aromatic heterocycles. The molecule has 0 amide bonds.